The normalized spacial score (nSPS) is 13.0. The fraction of sp³-hybridized carbons (Fsp3) is 0.222. The van der Waals surface area contributed by atoms with Crippen LogP contribution in [0.3, 0.4) is 0 Å². The van der Waals surface area contributed by atoms with E-state index in [1.807, 2.05) is 30.3 Å². The van der Waals surface area contributed by atoms with Crippen molar-refractivity contribution in [1.29, 1.82) is 0 Å². The molecule has 0 aliphatic heterocycles. The molecule has 0 aliphatic carbocycles. The van der Waals surface area contributed by atoms with E-state index in [1.54, 1.807) is 6.92 Å². The monoisotopic (exact) mass is 400 g/mol. The summed E-state index contributed by atoms with van der Waals surface area (Å²) >= 11 is 0. The molecule has 0 saturated heterocycles. The van der Waals surface area contributed by atoms with Crippen molar-refractivity contribution in [3.05, 3.63) is 72.1 Å². The van der Waals surface area contributed by atoms with Crippen molar-refractivity contribution < 1.29 is 17.5 Å². The maximum absolute atomic E-state index is 13.2. The van der Waals surface area contributed by atoms with Crippen molar-refractivity contribution in [3.8, 4) is 5.75 Å². The van der Waals surface area contributed by atoms with Crippen LogP contribution in [0, 0.1) is 0 Å². The molecule has 2 aromatic rings. The number of halogens is 2. The molecule has 26 heavy (non-hydrogen) atoms. The molecule has 1 atom stereocenters. The van der Waals surface area contributed by atoms with Crippen molar-refractivity contribution in [2.45, 2.75) is 17.9 Å². The quantitative estimate of drug-likeness (QED) is 0.712. The fourth-order valence-corrected chi connectivity index (χ4v) is 3.40. The summed E-state index contributed by atoms with van der Waals surface area (Å²) in [6.45, 7) is 1.63. The Balaban J connectivity index is 0.00000338. The third-order valence-corrected chi connectivity index (χ3v) is 5.04. The molecule has 0 aromatic heterocycles. The summed E-state index contributed by atoms with van der Waals surface area (Å²) in [5, 5.41) is 0. The molecular weight excluding hydrogens is 379 g/mol. The van der Waals surface area contributed by atoms with Gasteiger partial charge in [-0.3, -0.25) is 0 Å². The predicted octanol–water partition coefficient (Wildman–Crippen LogP) is 3.34. The van der Waals surface area contributed by atoms with Gasteiger partial charge in [-0.1, -0.05) is 30.3 Å². The number of nitrogens with one attached hydrogen (secondary N) is 1. The van der Waals surface area contributed by atoms with Crippen LogP contribution in [-0.4, -0.2) is 21.6 Å². The first kappa shape index (κ1) is 22.1. The molecule has 0 spiro atoms. The highest BCUT2D eigenvalue weighted by Crippen LogP contribution is 2.19. The zero-order valence-corrected chi connectivity index (χ0v) is 15.9. The van der Waals surface area contributed by atoms with Crippen molar-refractivity contribution in [1.82, 2.24) is 4.72 Å². The summed E-state index contributed by atoms with van der Waals surface area (Å²) in [4.78, 5) is 0.112. The summed E-state index contributed by atoms with van der Waals surface area (Å²) in [6.07, 6.45) is 1.22. The highest BCUT2D eigenvalue weighted by Gasteiger charge is 2.18. The van der Waals surface area contributed by atoms with Gasteiger partial charge in [-0.05, 0) is 42.8 Å². The Morgan fingerprint density at radius 1 is 1.19 bits per heavy atom. The number of hydrogen-bond donors (Lipinski definition) is 2. The van der Waals surface area contributed by atoms with E-state index >= 15 is 0 Å². The van der Waals surface area contributed by atoms with E-state index in [0.29, 0.717) is 5.75 Å². The van der Waals surface area contributed by atoms with E-state index in [1.165, 1.54) is 30.3 Å². The van der Waals surface area contributed by atoms with Crippen LogP contribution in [0.2, 0.25) is 0 Å². The lowest BCUT2D eigenvalue weighted by Gasteiger charge is -2.15. The maximum Gasteiger partial charge on any atom is 0.241 e. The highest BCUT2D eigenvalue weighted by molar-refractivity contribution is 7.89. The fourth-order valence-electron chi connectivity index (χ4n) is 2.16. The lowest BCUT2D eigenvalue weighted by molar-refractivity contribution is 0.318. The van der Waals surface area contributed by atoms with Crippen LogP contribution < -0.4 is 15.2 Å². The number of sulfonamides is 1. The van der Waals surface area contributed by atoms with E-state index in [2.05, 4.69) is 4.72 Å². The Bertz CT molecular complexity index is 812. The molecule has 0 amide bonds. The molecule has 142 valence electrons. The van der Waals surface area contributed by atoms with Crippen LogP contribution in [-0.2, 0) is 10.0 Å². The van der Waals surface area contributed by atoms with Crippen molar-refractivity contribution in [2.24, 2.45) is 5.73 Å². The van der Waals surface area contributed by atoms with Gasteiger partial charge in [-0.25, -0.2) is 17.5 Å². The first-order valence-corrected chi connectivity index (χ1v) is 9.25. The van der Waals surface area contributed by atoms with E-state index in [-0.39, 0.29) is 36.5 Å². The molecule has 0 unspecified atom stereocenters. The minimum atomic E-state index is -3.67. The number of ether oxygens (including phenoxy) is 1. The van der Waals surface area contributed by atoms with Gasteiger partial charge in [0, 0.05) is 12.6 Å². The lowest BCUT2D eigenvalue weighted by atomic mass is 10.1. The Morgan fingerprint density at radius 3 is 2.38 bits per heavy atom. The molecule has 3 N–H and O–H groups in total. The standard InChI is InChI=1S/C18H21FN2O3S.ClH/c1-14(15-5-3-2-4-6-15)21-25(22,23)18-9-7-17(8-10-18)24-13-16(19)11-12-20;/h2-11,14,21H,12-13,20H2,1H3;1H/t14-;/m0./s1. The minimum Gasteiger partial charge on any atom is -0.487 e. The van der Waals surface area contributed by atoms with Crippen LogP contribution in [0.1, 0.15) is 18.5 Å². The van der Waals surface area contributed by atoms with Gasteiger partial charge in [0.25, 0.3) is 0 Å². The van der Waals surface area contributed by atoms with E-state index < -0.39 is 15.9 Å². The van der Waals surface area contributed by atoms with Crippen molar-refractivity contribution >= 4 is 22.4 Å². The first-order chi connectivity index (χ1) is 11.9. The summed E-state index contributed by atoms with van der Waals surface area (Å²) in [7, 11) is -3.67. The smallest absolute Gasteiger partial charge is 0.241 e. The van der Waals surface area contributed by atoms with Gasteiger partial charge < -0.3 is 10.5 Å². The number of benzene rings is 2. The SMILES string of the molecule is C[C@H](NS(=O)(=O)c1ccc(OCC(F)=CCN)cc1)c1ccccc1.Cl. The second-order valence-electron chi connectivity index (χ2n) is 5.40. The molecule has 0 aliphatic rings. The largest absolute Gasteiger partial charge is 0.487 e. The average Bonchev–Trinajstić information content (AvgIpc) is 2.61. The highest BCUT2D eigenvalue weighted by atomic mass is 35.5. The lowest BCUT2D eigenvalue weighted by Crippen LogP contribution is -2.26. The van der Waals surface area contributed by atoms with Gasteiger partial charge in [-0.15, -0.1) is 12.4 Å². The zero-order valence-electron chi connectivity index (χ0n) is 14.3. The van der Waals surface area contributed by atoms with E-state index in [4.69, 9.17) is 10.5 Å². The Kier molecular flexibility index (Phi) is 8.74. The van der Waals surface area contributed by atoms with Crippen LogP contribution in [0.4, 0.5) is 4.39 Å². The first-order valence-electron chi connectivity index (χ1n) is 7.77. The van der Waals surface area contributed by atoms with Crippen LogP contribution in [0.15, 0.2) is 71.4 Å². The van der Waals surface area contributed by atoms with Gasteiger partial charge in [0.05, 0.1) is 4.90 Å². The number of hydrogen-bond acceptors (Lipinski definition) is 4. The van der Waals surface area contributed by atoms with Crippen LogP contribution in [0.25, 0.3) is 0 Å². The van der Waals surface area contributed by atoms with Crippen molar-refractivity contribution in [2.75, 3.05) is 13.2 Å². The molecule has 8 heteroatoms. The number of nitrogens with two attached hydrogens (primary N) is 1. The third-order valence-electron chi connectivity index (χ3n) is 3.48. The van der Waals surface area contributed by atoms with Gasteiger partial charge in [0.15, 0.2) is 0 Å². The Morgan fingerprint density at radius 2 is 1.81 bits per heavy atom. The zero-order chi connectivity index (χ0) is 18.3. The molecule has 0 heterocycles. The molecule has 0 bridgehead atoms. The summed E-state index contributed by atoms with van der Waals surface area (Å²) in [6, 6.07) is 14.7. The maximum atomic E-state index is 13.2. The van der Waals surface area contributed by atoms with Gasteiger partial charge in [0.1, 0.15) is 18.2 Å². The van der Waals surface area contributed by atoms with E-state index in [9.17, 15) is 12.8 Å². The molecular formula is C18H22ClFN2O3S. The van der Waals surface area contributed by atoms with E-state index in [0.717, 1.165) is 5.56 Å². The Labute approximate surface area is 159 Å². The topological polar surface area (TPSA) is 81.4 Å². The minimum absolute atomic E-state index is 0. The van der Waals surface area contributed by atoms with Crippen LogP contribution in [0.5, 0.6) is 5.75 Å². The molecule has 0 radical (unpaired) electrons. The van der Waals surface area contributed by atoms with Gasteiger partial charge in [0.2, 0.25) is 10.0 Å². The van der Waals surface area contributed by atoms with Crippen molar-refractivity contribution in [3.63, 3.8) is 0 Å². The number of rotatable bonds is 8. The molecule has 5 nitrogen and oxygen atoms in total. The molecule has 2 rings (SSSR count). The second kappa shape index (κ2) is 10.3. The predicted molar refractivity (Wildman–Crippen MR) is 103 cm³/mol. The second-order valence-corrected chi connectivity index (χ2v) is 7.11. The molecule has 0 fully saturated rings. The van der Waals surface area contributed by atoms with Gasteiger partial charge >= 0.3 is 0 Å². The molecule has 2 aromatic carbocycles. The summed E-state index contributed by atoms with van der Waals surface area (Å²) in [5.74, 6) is -0.104. The summed E-state index contributed by atoms with van der Waals surface area (Å²) in [5.41, 5.74) is 6.07. The third kappa shape index (κ3) is 6.42. The summed E-state index contributed by atoms with van der Waals surface area (Å²) < 4.78 is 45.9. The Hall–Kier alpha value is -1.93. The average molecular weight is 401 g/mol. The van der Waals surface area contributed by atoms with Gasteiger partial charge in [-0.2, -0.15) is 0 Å². The van der Waals surface area contributed by atoms with Crippen LogP contribution >= 0.6 is 12.4 Å². The molecule has 0 saturated carbocycles.